The largest absolute Gasteiger partial charge is 0.497 e. The maximum Gasteiger partial charge on any atom is 0.319 e. The number of anilines is 1. The monoisotopic (exact) mass is 351 g/mol. The molecule has 0 saturated heterocycles. The van der Waals surface area contributed by atoms with Crippen molar-refractivity contribution in [2.75, 3.05) is 12.4 Å². The zero-order valence-electron chi connectivity index (χ0n) is 15.0. The van der Waals surface area contributed by atoms with Crippen LogP contribution < -0.4 is 15.4 Å². The van der Waals surface area contributed by atoms with Gasteiger partial charge in [0.1, 0.15) is 17.2 Å². The number of urea groups is 1. The van der Waals surface area contributed by atoms with Gasteiger partial charge in [0.25, 0.3) is 0 Å². The zero-order valence-corrected chi connectivity index (χ0v) is 15.0. The number of aryl methyl sites for hydroxylation is 2. The molecule has 1 aromatic heterocycles. The van der Waals surface area contributed by atoms with E-state index in [4.69, 9.17) is 9.15 Å². The number of nitrogens with zero attached hydrogens (tertiary/aromatic N) is 1. The second-order valence-electron chi connectivity index (χ2n) is 5.92. The Morgan fingerprint density at radius 3 is 2.42 bits per heavy atom. The Hall–Kier alpha value is -3.28. The fourth-order valence-corrected chi connectivity index (χ4v) is 2.43. The van der Waals surface area contributed by atoms with Crippen molar-refractivity contribution in [1.82, 2.24) is 10.3 Å². The number of benzene rings is 2. The first-order chi connectivity index (χ1) is 12.5. The van der Waals surface area contributed by atoms with Gasteiger partial charge < -0.3 is 19.8 Å². The summed E-state index contributed by atoms with van der Waals surface area (Å²) in [5, 5.41) is 5.58. The van der Waals surface area contributed by atoms with E-state index in [2.05, 4.69) is 15.6 Å². The lowest BCUT2D eigenvalue weighted by atomic mass is 10.2. The first-order valence-corrected chi connectivity index (χ1v) is 8.27. The highest BCUT2D eigenvalue weighted by Crippen LogP contribution is 2.24. The number of aromatic nitrogens is 1. The van der Waals surface area contributed by atoms with Crippen molar-refractivity contribution < 1.29 is 13.9 Å². The molecule has 0 aliphatic heterocycles. The molecule has 134 valence electrons. The second-order valence-corrected chi connectivity index (χ2v) is 5.92. The smallest absolute Gasteiger partial charge is 0.319 e. The van der Waals surface area contributed by atoms with Gasteiger partial charge in [-0.25, -0.2) is 9.78 Å². The van der Waals surface area contributed by atoms with Gasteiger partial charge in [-0.05, 0) is 50.2 Å². The van der Waals surface area contributed by atoms with Gasteiger partial charge in [-0.3, -0.25) is 0 Å². The molecule has 2 aromatic carbocycles. The SMILES string of the molecule is COc1ccc(-c2nc(CNC(=O)Nc3ccc(C)cc3)c(C)o2)cc1. The summed E-state index contributed by atoms with van der Waals surface area (Å²) in [5.41, 5.74) is 3.42. The molecule has 3 rings (SSSR count). The molecule has 0 saturated carbocycles. The highest BCUT2D eigenvalue weighted by Gasteiger charge is 2.12. The van der Waals surface area contributed by atoms with E-state index >= 15 is 0 Å². The lowest BCUT2D eigenvalue weighted by Gasteiger charge is -2.06. The third-order valence-corrected chi connectivity index (χ3v) is 3.96. The lowest BCUT2D eigenvalue weighted by Crippen LogP contribution is -2.28. The maximum atomic E-state index is 12.0. The van der Waals surface area contributed by atoms with Gasteiger partial charge in [0.05, 0.1) is 13.7 Å². The van der Waals surface area contributed by atoms with Crippen molar-refractivity contribution in [3.8, 4) is 17.2 Å². The summed E-state index contributed by atoms with van der Waals surface area (Å²) < 4.78 is 10.9. The number of carbonyl (C=O) groups is 1. The number of carbonyl (C=O) groups excluding carboxylic acids is 1. The van der Waals surface area contributed by atoms with Crippen LogP contribution in [-0.2, 0) is 6.54 Å². The van der Waals surface area contributed by atoms with E-state index in [1.807, 2.05) is 62.4 Å². The molecule has 2 amide bonds. The summed E-state index contributed by atoms with van der Waals surface area (Å²) in [4.78, 5) is 16.5. The predicted molar refractivity (Wildman–Crippen MR) is 100 cm³/mol. The van der Waals surface area contributed by atoms with Crippen LogP contribution in [-0.4, -0.2) is 18.1 Å². The topological polar surface area (TPSA) is 76.4 Å². The van der Waals surface area contributed by atoms with E-state index in [1.165, 1.54) is 0 Å². The predicted octanol–water partition coefficient (Wildman–Crippen LogP) is 4.29. The Morgan fingerprint density at radius 1 is 1.08 bits per heavy atom. The van der Waals surface area contributed by atoms with E-state index in [0.717, 1.165) is 22.6 Å². The van der Waals surface area contributed by atoms with Crippen LogP contribution in [0.15, 0.2) is 52.9 Å². The number of hydrogen-bond acceptors (Lipinski definition) is 4. The van der Waals surface area contributed by atoms with E-state index in [0.29, 0.717) is 17.3 Å². The molecule has 0 fully saturated rings. The average molecular weight is 351 g/mol. The number of ether oxygens (including phenoxy) is 1. The van der Waals surface area contributed by atoms with Crippen molar-refractivity contribution >= 4 is 11.7 Å². The summed E-state index contributed by atoms with van der Waals surface area (Å²) >= 11 is 0. The molecule has 3 aromatic rings. The minimum Gasteiger partial charge on any atom is -0.497 e. The summed E-state index contributed by atoms with van der Waals surface area (Å²) in [6.45, 7) is 4.11. The summed E-state index contributed by atoms with van der Waals surface area (Å²) in [7, 11) is 1.62. The molecule has 0 spiro atoms. The third kappa shape index (κ3) is 4.22. The van der Waals surface area contributed by atoms with Crippen LogP contribution in [0.3, 0.4) is 0 Å². The van der Waals surface area contributed by atoms with Crippen molar-refractivity contribution in [3.63, 3.8) is 0 Å². The molecule has 0 bridgehead atoms. The van der Waals surface area contributed by atoms with Gasteiger partial charge in [0.2, 0.25) is 5.89 Å². The van der Waals surface area contributed by atoms with Crippen LogP contribution in [0, 0.1) is 13.8 Å². The van der Waals surface area contributed by atoms with Gasteiger partial charge in [0.15, 0.2) is 0 Å². The lowest BCUT2D eigenvalue weighted by molar-refractivity contribution is 0.251. The zero-order chi connectivity index (χ0) is 18.5. The molecule has 6 heteroatoms. The van der Waals surface area contributed by atoms with Crippen LogP contribution in [0.1, 0.15) is 17.0 Å². The first-order valence-electron chi connectivity index (χ1n) is 8.27. The summed E-state index contributed by atoms with van der Waals surface area (Å²) in [6.07, 6.45) is 0. The maximum absolute atomic E-state index is 12.0. The van der Waals surface area contributed by atoms with Crippen molar-refractivity contribution in [3.05, 3.63) is 65.5 Å². The van der Waals surface area contributed by atoms with Gasteiger partial charge in [-0.2, -0.15) is 0 Å². The van der Waals surface area contributed by atoms with Crippen molar-refractivity contribution in [2.45, 2.75) is 20.4 Å². The third-order valence-electron chi connectivity index (χ3n) is 3.96. The Morgan fingerprint density at radius 2 is 1.77 bits per heavy atom. The first kappa shape index (κ1) is 17.5. The summed E-state index contributed by atoms with van der Waals surface area (Å²) in [5.74, 6) is 1.96. The fourth-order valence-electron chi connectivity index (χ4n) is 2.43. The molecule has 0 aliphatic carbocycles. The summed E-state index contributed by atoms with van der Waals surface area (Å²) in [6, 6.07) is 14.8. The number of methoxy groups -OCH3 is 1. The Bertz CT molecular complexity index is 884. The van der Waals surface area contributed by atoms with E-state index in [9.17, 15) is 4.79 Å². The van der Waals surface area contributed by atoms with Crippen LogP contribution >= 0.6 is 0 Å². The molecule has 0 unspecified atom stereocenters. The van der Waals surface area contributed by atoms with Crippen molar-refractivity contribution in [2.24, 2.45) is 0 Å². The fraction of sp³-hybridized carbons (Fsp3) is 0.200. The van der Waals surface area contributed by atoms with Crippen LogP contribution in [0.4, 0.5) is 10.5 Å². The molecule has 1 heterocycles. The number of amides is 2. The van der Waals surface area contributed by atoms with Crippen LogP contribution in [0.25, 0.3) is 11.5 Å². The van der Waals surface area contributed by atoms with E-state index in [1.54, 1.807) is 7.11 Å². The number of nitrogens with one attached hydrogen (secondary N) is 2. The number of oxazole rings is 1. The Labute approximate surface area is 152 Å². The number of rotatable bonds is 5. The second kappa shape index (κ2) is 7.74. The van der Waals surface area contributed by atoms with E-state index < -0.39 is 0 Å². The van der Waals surface area contributed by atoms with Gasteiger partial charge >= 0.3 is 6.03 Å². The molecule has 2 N–H and O–H groups in total. The number of hydrogen-bond donors (Lipinski definition) is 2. The molecule has 0 aliphatic rings. The molecular weight excluding hydrogens is 330 g/mol. The Kier molecular flexibility index (Phi) is 5.22. The van der Waals surface area contributed by atoms with Gasteiger partial charge in [-0.15, -0.1) is 0 Å². The molecule has 0 atom stereocenters. The molecule has 6 nitrogen and oxygen atoms in total. The standard InChI is InChI=1S/C20H21N3O3/c1-13-4-8-16(9-5-13)22-20(24)21-12-18-14(2)26-19(23-18)15-6-10-17(25-3)11-7-15/h4-11H,12H2,1-3H3,(H2,21,22,24). The molecular formula is C20H21N3O3. The Balaban J connectivity index is 1.62. The normalized spacial score (nSPS) is 10.4. The van der Waals surface area contributed by atoms with Gasteiger partial charge in [0, 0.05) is 11.3 Å². The minimum absolute atomic E-state index is 0.281. The minimum atomic E-state index is -0.290. The van der Waals surface area contributed by atoms with Gasteiger partial charge in [-0.1, -0.05) is 17.7 Å². The quantitative estimate of drug-likeness (QED) is 0.719. The van der Waals surface area contributed by atoms with Crippen molar-refractivity contribution in [1.29, 1.82) is 0 Å². The highest BCUT2D eigenvalue weighted by atomic mass is 16.5. The highest BCUT2D eigenvalue weighted by molar-refractivity contribution is 5.89. The van der Waals surface area contributed by atoms with Crippen LogP contribution in [0.5, 0.6) is 5.75 Å². The van der Waals surface area contributed by atoms with Crippen LogP contribution in [0.2, 0.25) is 0 Å². The molecule has 26 heavy (non-hydrogen) atoms. The molecule has 0 radical (unpaired) electrons. The average Bonchev–Trinajstić information content (AvgIpc) is 3.03. The van der Waals surface area contributed by atoms with E-state index in [-0.39, 0.29) is 12.6 Å².